The molecule has 1 aliphatic rings. The number of aromatic amines is 1. The minimum absolute atomic E-state index is 0.160. The summed E-state index contributed by atoms with van der Waals surface area (Å²) >= 11 is 1.63. The molecule has 0 fully saturated rings. The molecule has 0 atom stereocenters. The van der Waals surface area contributed by atoms with Crippen LogP contribution in [0.15, 0.2) is 43.0 Å². The van der Waals surface area contributed by atoms with Gasteiger partial charge in [-0.1, -0.05) is 56.6 Å². The standard InChI is InChI=1S/C22H21N3S/c1-13-16-7-6-15(12-24-26-4)9-18(16)22(2,3)21-20(13)17-8-5-14(11-23)10-19(17)25-21/h5-10,24-25H,1,12H2,2-4H3. The lowest BCUT2D eigenvalue weighted by atomic mass is 9.70. The minimum Gasteiger partial charge on any atom is -0.357 e. The first-order valence-corrected chi connectivity index (χ1v) is 9.85. The Bertz CT molecular complexity index is 1080. The summed E-state index contributed by atoms with van der Waals surface area (Å²) in [4.78, 5) is 3.58. The highest BCUT2D eigenvalue weighted by molar-refractivity contribution is 7.96. The highest BCUT2D eigenvalue weighted by Crippen LogP contribution is 2.48. The highest BCUT2D eigenvalue weighted by Gasteiger charge is 2.37. The van der Waals surface area contributed by atoms with Crippen molar-refractivity contribution in [3.63, 3.8) is 0 Å². The molecule has 0 radical (unpaired) electrons. The third-order valence-electron chi connectivity index (χ3n) is 5.36. The molecule has 0 bridgehead atoms. The summed E-state index contributed by atoms with van der Waals surface area (Å²) in [5, 5.41) is 10.3. The van der Waals surface area contributed by atoms with Crippen molar-refractivity contribution in [3.05, 3.63) is 76.5 Å². The zero-order chi connectivity index (χ0) is 18.5. The van der Waals surface area contributed by atoms with Crippen LogP contribution < -0.4 is 4.72 Å². The molecule has 2 N–H and O–H groups in total. The van der Waals surface area contributed by atoms with E-state index in [9.17, 15) is 5.26 Å². The summed E-state index contributed by atoms with van der Waals surface area (Å²) < 4.78 is 3.32. The molecule has 130 valence electrons. The van der Waals surface area contributed by atoms with Crippen LogP contribution in [0.4, 0.5) is 0 Å². The van der Waals surface area contributed by atoms with Crippen LogP contribution in [0, 0.1) is 11.3 Å². The number of hydrogen-bond acceptors (Lipinski definition) is 3. The number of hydrogen-bond donors (Lipinski definition) is 2. The highest BCUT2D eigenvalue weighted by atomic mass is 32.2. The average Bonchev–Trinajstić information content (AvgIpc) is 3.04. The second-order valence-electron chi connectivity index (χ2n) is 7.26. The molecule has 4 heteroatoms. The van der Waals surface area contributed by atoms with Gasteiger partial charge in [0.15, 0.2) is 0 Å². The number of benzene rings is 2. The molecule has 0 aliphatic heterocycles. The third-order valence-corrected chi connectivity index (χ3v) is 5.79. The number of rotatable bonds is 3. The number of nitrogens with zero attached hydrogens (tertiary/aromatic N) is 1. The largest absolute Gasteiger partial charge is 0.357 e. The monoisotopic (exact) mass is 359 g/mol. The molecule has 0 amide bonds. The van der Waals surface area contributed by atoms with Gasteiger partial charge in [0.05, 0.1) is 11.6 Å². The molecule has 4 rings (SSSR count). The Labute approximate surface area is 158 Å². The molecule has 0 saturated heterocycles. The van der Waals surface area contributed by atoms with Gasteiger partial charge in [-0.2, -0.15) is 5.26 Å². The van der Waals surface area contributed by atoms with Gasteiger partial charge in [0.25, 0.3) is 0 Å². The fraction of sp³-hybridized carbons (Fsp3) is 0.227. The van der Waals surface area contributed by atoms with E-state index >= 15 is 0 Å². The van der Waals surface area contributed by atoms with E-state index in [2.05, 4.69) is 54.4 Å². The molecule has 0 saturated carbocycles. The predicted molar refractivity (Wildman–Crippen MR) is 110 cm³/mol. The van der Waals surface area contributed by atoms with Crippen LogP contribution >= 0.6 is 11.9 Å². The fourth-order valence-electron chi connectivity index (χ4n) is 3.96. The molecule has 3 nitrogen and oxygen atoms in total. The summed E-state index contributed by atoms with van der Waals surface area (Å²) in [6, 6.07) is 14.7. The summed E-state index contributed by atoms with van der Waals surface area (Å²) in [6.45, 7) is 9.76. The average molecular weight is 359 g/mol. The number of nitriles is 1. The fourth-order valence-corrected chi connectivity index (χ4v) is 4.27. The van der Waals surface area contributed by atoms with Crippen molar-refractivity contribution >= 4 is 28.4 Å². The van der Waals surface area contributed by atoms with Crippen LogP contribution in [0.3, 0.4) is 0 Å². The normalized spacial score (nSPS) is 14.8. The third kappa shape index (κ3) is 2.39. The first-order valence-electron chi connectivity index (χ1n) is 8.62. The van der Waals surface area contributed by atoms with Crippen LogP contribution in [-0.4, -0.2) is 11.2 Å². The van der Waals surface area contributed by atoms with Gasteiger partial charge in [0.2, 0.25) is 0 Å². The zero-order valence-corrected chi connectivity index (χ0v) is 16.1. The maximum atomic E-state index is 9.21. The Morgan fingerprint density at radius 2 is 2.04 bits per heavy atom. The molecular formula is C22H21N3S. The van der Waals surface area contributed by atoms with Gasteiger partial charge >= 0.3 is 0 Å². The second kappa shape index (κ2) is 6.05. The van der Waals surface area contributed by atoms with Gasteiger partial charge in [0, 0.05) is 34.1 Å². The van der Waals surface area contributed by atoms with E-state index in [0.717, 1.165) is 23.0 Å². The Hall–Kier alpha value is -2.48. The van der Waals surface area contributed by atoms with Crippen molar-refractivity contribution < 1.29 is 0 Å². The lowest BCUT2D eigenvalue weighted by Gasteiger charge is -2.34. The molecular weight excluding hydrogens is 338 g/mol. The van der Waals surface area contributed by atoms with Crippen molar-refractivity contribution in [1.82, 2.24) is 9.71 Å². The molecule has 1 aromatic heterocycles. The molecule has 0 spiro atoms. The zero-order valence-electron chi connectivity index (χ0n) is 15.2. The first kappa shape index (κ1) is 17.0. The first-order chi connectivity index (χ1) is 12.5. The smallest absolute Gasteiger partial charge is 0.0992 e. The number of aromatic nitrogens is 1. The van der Waals surface area contributed by atoms with Crippen molar-refractivity contribution in [3.8, 4) is 6.07 Å². The SMILES string of the molecule is C=C1c2ccc(CNSC)cc2C(C)(C)c2[nH]c3cc(C#N)ccc3c21. The van der Waals surface area contributed by atoms with Crippen molar-refractivity contribution in [2.75, 3.05) is 6.26 Å². The van der Waals surface area contributed by atoms with Gasteiger partial charge in [-0.05, 0) is 40.7 Å². The maximum absolute atomic E-state index is 9.21. The van der Waals surface area contributed by atoms with Crippen molar-refractivity contribution in [1.29, 1.82) is 5.26 Å². The van der Waals surface area contributed by atoms with Gasteiger partial charge in [-0.25, -0.2) is 0 Å². The van der Waals surface area contributed by atoms with Crippen LogP contribution in [-0.2, 0) is 12.0 Å². The Kier molecular flexibility index (Phi) is 3.95. The lowest BCUT2D eigenvalue weighted by molar-refractivity contribution is 0.612. The quantitative estimate of drug-likeness (QED) is 0.639. The summed E-state index contributed by atoms with van der Waals surface area (Å²) in [5.41, 5.74) is 8.69. The van der Waals surface area contributed by atoms with Crippen LogP contribution in [0.2, 0.25) is 0 Å². The van der Waals surface area contributed by atoms with Gasteiger partial charge in [-0.3, -0.25) is 4.72 Å². The Balaban J connectivity index is 1.93. The van der Waals surface area contributed by atoms with Gasteiger partial charge < -0.3 is 4.98 Å². The van der Waals surface area contributed by atoms with Gasteiger partial charge in [0.1, 0.15) is 0 Å². The Morgan fingerprint density at radius 1 is 1.23 bits per heavy atom. The summed E-state index contributed by atoms with van der Waals surface area (Å²) in [6.07, 6.45) is 2.04. The minimum atomic E-state index is -0.160. The molecule has 2 aromatic carbocycles. The Morgan fingerprint density at radius 3 is 2.77 bits per heavy atom. The molecule has 3 aromatic rings. The number of fused-ring (bicyclic) bond motifs is 4. The number of H-pyrrole nitrogens is 1. The van der Waals surface area contributed by atoms with E-state index in [1.54, 1.807) is 11.9 Å². The topological polar surface area (TPSA) is 51.6 Å². The molecule has 1 heterocycles. The van der Waals surface area contributed by atoms with Crippen molar-refractivity contribution in [2.24, 2.45) is 0 Å². The van der Waals surface area contributed by atoms with E-state index in [4.69, 9.17) is 0 Å². The van der Waals surface area contributed by atoms with E-state index in [0.29, 0.717) is 5.56 Å². The van der Waals surface area contributed by atoms with E-state index < -0.39 is 0 Å². The maximum Gasteiger partial charge on any atom is 0.0992 e. The van der Waals surface area contributed by atoms with Crippen LogP contribution in [0.25, 0.3) is 16.5 Å². The van der Waals surface area contributed by atoms with E-state index in [1.165, 1.54) is 27.9 Å². The van der Waals surface area contributed by atoms with Crippen LogP contribution in [0.1, 0.15) is 47.4 Å². The predicted octanol–water partition coefficient (Wildman–Crippen LogP) is 5.11. The van der Waals surface area contributed by atoms with Crippen molar-refractivity contribution in [2.45, 2.75) is 25.8 Å². The molecule has 1 aliphatic carbocycles. The number of nitrogens with one attached hydrogen (secondary N) is 2. The second-order valence-corrected chi connectivity index (χ2v) is 7.95. The van der Waals surface area contributed by atoms with E-state index in [1.807, 2.05) is 24.5 Å². The van der Waals surface area contributed by atoms with Crippen LogP contribution in [0.5, 0.6) is 0 Å². The summed E-state index contributed by atoms with van der Waals surface area (Å²) in [5.74, 6) is 0. The lowest BCUT2D eigenvalue weighted by Crippen LogP contribution is -2.26. The molecule has 26 heavy (non-hydrogen) atoms. The molecule has 0 unspecified atom stereocenters. The van der Waals surface area contributed by atoms with Gasteiger partial charge in [-0.15, -0.1) is 0 Å². The summed E-state index contributed by atoms with van der Waals surface area (Å²) in [7, 11) is 0. The van der Waals surface area contributed by atoms with E-state index in [-0.39, 0.29) is 5.41 Å².